The Bertz CT molecular complexity index is 867. The second-order valence-electron chi connectivity index (χ2n) is 5.35. The zero-order valence-electron chi connectivity index (χ0n) is 13.4. The maximum atomic E-state index is 13.4. The number of hydrogen-bond donors (Lipinski definition) is 2. The average Bonchev–Trinajstić information content (AvgIpc) is 3.01. The molecule has 9 heteroatoms. The molecule has 0 spiro atoms. The Kier molecular flexibility index (Phi) is 4.82. The van der Waals surface area contributed by atoms with Gasteiger partial charge in [0.1, 0.15) is 5.82 Å². The van der Waals surface area contributed by atoms with Gasteiger partial charge >= 0.3 is 12.6 Å². The van der Waals surface area contributed by atoms with Crippen molar-refractivity contribution in [2.45, 2.75) is 26.1 Å². The van der Waals surface area contributed by atoms with Gasteiger partial charge in [0, 0.05) is 12.4 Å². The summed E-state index contributed by atoms with van der Waals surface area (Å²) in [5, 5.41) is 5.21. The van der Waals surface area contributed by atoms with E-state index < -0.39 is 18.6 Å². The van der Waals surface area contributed by atoms with E-state index in [1.807, 2.05) is 0 Å². The van der Waals surface area contributed by atoms with Gasteiger partial charge in [-0.15, -0.1) is 0 Å². The van der Waals surface area contributed by atoms with E-state index in [0.717, 1.165) is 4.57 Å². The van der Waals surface area contributed by atoms with E-state index in [9.17, 15) is 13.6 Å². The normalized spacial score (nSPS) is 12.3. The Hall–Kier alpha value is -3.10. The van der Waals surface area contributed by atoms with Crippen LogP contribution in [-0.4, -0.2) is 25.6 Å². The summed E-state index contributed by atoms with van der Waals surface area (Å²) in [6.07, 6.45) is 4.57. The molecule has 0 saturated carbocycles. The van der Waals surface area contributed by atoms with E-state index in [1.54, 1.807) is 31.2 Å². The van der Waals surface area contributed by atoms with Crippen LogP contribution in [-0.2, 0) is 6.54 Å². The van der Waals surface area contributed by atoms with Crippen molar-refractivity contribution in [1.82, 2.24) is 30.2 Å². The van der Waals surface area contributed by atoms with Crippen molar-refractivity contribution in [3.05, 3.63) is 54.4 Å². The van der Waals surface area contributed by atoms with Gasteiger partial charge in [0.25, 0.3) is 0 Å². The Morgan fingerprint density at radius 2 is 2.08 bits per heavy atom. The first kappa shape index (κ1) is 16.7. The third kappa shape index (κ3) is 3.70. The molecule has 25 heavy (non-hydrogen) atoms. The molecule has 2 N–H and O–H groups in total. The first-order valence-electron chi connectivity index (χ1n) is 7.60. The van der Waals surface area contributed by atoms with Crippen molar-refractivity contribution in [2.75, 3.05) is 0 Å². The molecule has 7 nitrogen and oxygen atoms in total. The highest BCUT2D eigenvalue weighted by Crippen LogP contribution is 2.26. The van der Waals surface area contributed by atoms with E-state index in [0.29, 0.717) is 16.7 Å². The van der Waals surface area contributed by atoms with Gasteiger partial charge in [-0.3, -0.25) is 14.5 Å². The van der Waals surface area contributed by atoms with Crippen molar-refractivity contribution in [1.29, 1.82) is 0 Å². The van der Waals surface area contributed by atoms with Crippen LogP contribution in [0.1, 0.15) is 31.0 Å². The van der Waals surface area contributed by atoms with Crippen LogP contribution in [0.5, 0.6) is 0 Å². The molecule has 0 aliphatic rings. The topological polar surface area (TPSA) is 84.7 Å². The molecule has 1 aromatic carbocycles. The number of benzene rings is 1. The highest BCUT2D eigenvalue weighted by molar-refractivity contribution is 5.77. The molecule has 3 aromatic rings. The van der Waals surface area contributed by atoms with E-state index in [-0.39, 0.29) is 12.4 Å². The van der Waals surface area contributed by atoms with Crippen LogP contribution in [0.2, 0.25) is 0 Å². The van der Waals surface area contributed by atoms with Crippen molar-refractivity contribution >= 4 is 17.1 Å². The predicted octanol–water partition coefficient (Wildman–Crippen LogP) is 2.78. The zero-order valence-corrected chi connectivity index (χ0v) is 13.4. The fourth-order valence-electron chi connectivity index (χ4n) is 2.48. The molecule has 2 aromatic heterocycles. The Labute approximate surface area is 142 Å². The minimum absolute atomic E-state index is 0.0888. The molecule has 130 valence electrons. The number of amides is 2. The first-order chi connectivity index (χ1) is 12.1. The van der Waals surface area contributed by atoms with E-state index >= 15 is 0 Å². The lowest BCUT2D eigenvalue weighted by atomic mass is 10.3. The molecule has 0 radical (unpaired) electrons. The molecule has 0 saturated heterocycles. The van der Waals surface area contributed by atoms with Crippen molar-refractivity contribution in [2.24, 2.45) is 0 Å². The van der Waals surface area contributed by atoms with Gasteiger partial charge in [-0.05, 0) is 19.1 Å². The molecule has 0 fully saturated rings. The molecule has 2 heterocycles. The standard InChI is InChI=1S/C16H16F2N6O/c1-10(22-16(25)21-9-11-8-19-6-7-20-11)14-23-12-4-2-3-5-13(12)24(14)15(17)18/h2-8,10,15H,9H2,1H3,(H2,21,22,25). The third-order valence-electron chi connectivity index (χ3n) is 3.60. The molecule has 0 aliphatic heterocycles. The first-order valence-corrected chi connectivity index (χ1v) is 7.60. The van der Waals surface area contributed by atoms with Crippen LogP contribution in [0.4, 0.5) is 13.6 Å². The molecule has 1 unspecified atom stereocenters. The minimum Gasteiger partial charge on any atom is -0.332 e. The maximum absolute atomic E-state index is 13.4. The smallest absolute Gasteiger partial charge is 0.320 e. The number of nitrogens with one attached hydrogen (secondary N) is 2. The van der Waals surface area contributed by atoms with Crippen molar-refractivity contribution in [3.8, 4) is 0 Å². The summed E-state index contributed by atoms with van der Waals surface area (Å²) in [5.41, 5.74) is 1.36. The molecule has 0 bridgehead atoms. The number of urea groups is 1. The summed E-state index contributed by atoms with van der Waals surface area (Å²) < 4.78 is 27.7. The van der Waals surface area contributed by atoms with E-state index in [2.05, 4.69) is 25.6 Å². The Morgan fingerprint density at radius 3 is 2.80 bits per heavy atom. The van der Waals surface area contributed by atoms with Gasteiger partial charge in [-0.25, -0.2) is 9.78 Å². The van der Waals surface area contributed by atoms with E-state index in [4.69, 9.17) is 0 Å². The second-order valence-corrected chi connectivity index (χ2v) is 5.35. The molecule has 2 amide bonds. The van der Waals surface area contributed by atoms with Crippen LogP contribution >= 0.6 is 0 Å². The number of para-hydroxylation sites is 2. The number of imidazole rings is 1. The number of alkyl halides is 2. The number of nitrogens with zero attached hydrogens (tertiary/aromatic N) is 4. The van der Waals surface area contributed by atoms with Gasteiger partial charge < -0.3 is 10.6 Å². The lowest BCUT2D eigenvalue weighted by Crippen LogP contribution is -2.37. The summed E-state index contributed by atoms with van der Waals surface area (Å²) >= 11 is 0. The quantitative estimate of drug-likeness (QED) is 0.744. The van der Waals surface area contributed by atoms with Crippen LogP contribution in [0.15, 0.2) is 42.9 Å². The lowest BCUT2D eigenvalue weighted by Gasteiger charge is -2.16. The van der Waals surface area contributed by atoms with Gasteiger partial charge in [-0.2, -0.15) is 8.78 Å². The molecule has 0 aliphatic carbocycles. The Balaban J connectivity index is 1.72. The van der Waals surface area contributed by atoms with Gasteiger partial charge in [0.2, 0.25) is 0 Å². The van der Waals surface area contributed by atoms with Gasteiger partial charge in [0.05, 0.1) is 35.5 Å². The number of rotatable bonds is 5. The number of halogens is 2. The van der Waals surface area contributed by atoms with Crippen LogP contribution < -0.4 is 10.6 Å². The fourth-order valence-corrected chi connectivity index (χ4v) is 2.48. The molecule has 3 rings (SSSR count). The van der Waals surface area contributed by atoms with Crippen LogP contribution in [0.25, 0.3) is 11.0 Å². The summed E-state index contributed by atoms with van der Waals surface area (Å²) in [5.74, 6) is 0.0888. The summed E-state index contributed by atoms with van der Waals surface area (Å²) in [6.45, 7) is -0.978. The molecular formula is C16H16F2N6O. The number of aromatic nitrogens is 4. The average molecular weight is 346 g/mol. The van der Waals surface area contributed by atoms with Crippen molar-refractivity contribution in [3.63, 3.8) is 0 Å². The fraction of sp³-hybridized carbons (Fsp3) is 0.250. The maximum Gasteiger partial charge on any atom is 0.320 e. The number of hydrogen-bond acceptors (Lipinski definition) is 4. The molecular weight excluding hydrogens is 330 g/mol. The van der Waals surface area contributed by atoms with Crippen molar-refractivity contribution < 1.29 is 13.6 Å². The highest BCUT2D eigenvalue weighted by atomic mass is 19.3. The summed E-state index contributed by atoms with van der Waals surface area (Å²) in [6, 6.07) is 5.39. The van der Waals surface area contributed by atoms with Crippen LogP contribution in [0, 0.1) is 0 Å². The predicted molar refractivity (Wildman–Crippen MR) is 86.8 cm³/mol. The summed E-state index contributed by atoms with van der Waals surface area (Å²) in [7, 11) is 0. The second kappa shape index (κ2) is 7.20. The highest BCUT2D eigenvalue weighted by Gasteiger charge is 2.22. The number of carbonyl (C=O) groups excluding carboxylic acids is 1. The third-order valence-corrected chi connectivity index (χ3v) is 3.60. The van der Waals surface area contributed by atoms with Crippen LogP contribution in [0.3, 0.4) is 0 Å². The number of fused-ring (bicyclic) bond motifs is 1. The SMILES string of the molecule is CC(NC(=O)NCc1cnccn1)c1nc2ccccc2n1C(F)F. The minimum atomic E-state index is -2.76. The monoisotopic (exact) mass is 346 g/mol. The van der Waals surface area contributed by atoms with Gasteiger partial charge in [0.15, 0.2) is 0 Å². The summed E-state index contributed by atoms with van der Waals surface area (Å²) in [4.78, 5) is 24.2. The van der Waals surface area contributed by atoms with Gasteiger partial charge in [-0.1, -0.05) is 12.1 Å². The Morgan fingerprint density at radius 1 is 1.28 bits per heavy atom. The molecule has 1 atom stereocenters. The zero-order chi connectivity index (χ0) is 17.8. The van der Waals surface area contributed by atoms with E-state index in [1.165, 1.54) is 18.6 Å². The lowest BCUT2D eigenvalue weighted by molar-refractivity contribution is 0.0699. The largest absolute Gasteiger partial charge is 0.332 e. The number of carbonyl (C=O) groups is 1.